The Hall–Kier alpha value is -1.92. The van der Waals surface area contributed by atoms with Crippen LogP contribution >= 0.6 is 0 Å². The molecule has 0 radical (unpaired) electrons. The van der Waals surface area contributed by atoms with Crippen molar-refractivity contribution in [2.75, 3.05) is 27.8 Å². The number of benzene rings is 1. The van der Waals surface area contributed by atoms with Gasteiger partial charge in [0.15, 0.2) is 0 Å². The first-order chi connectivity index (χ1) is 9.52. The number of nitro benzene ring substituents is 1. The summed E-state index contributed by atoms with van der Waals surface area (Å²) in [4.78, 5) is 12.6. The zero-order valence-electron chi connectivity index (χ0n) is 12.0. The van der Waals surface area contributed by atoms with Crippen molar-refractivity contribution in [3.63, 3.8) is 0 Å². The van der Waals surface area contributed by atoms with Crippen LogP contribution in [0.15, 0.2) is 24.4 Å². The summed E-state index contributed by atoms with van der Waals surface area (Å²) in [7, 11) is 5.66. The molecule has 108 valence electrons. The second-order valence-corrected chi connectivity index (χ2v) is 5.04. The molecule has 0 aliphatic rings. The molecule has 0 unspecified atom stereocenters. The van der Waals surface area contributed by atoms with Crippen LogP contribution in [0.5, 0.6) is 0 Å². The summed E-state index contributed by atoms with van der Waals surface area (Å²) >= 11 is 0. The Morgan fingerprint density at radius 2 is 2.15 bits per heavy atom. The number of hydrogen-bond donors (Lipinski definition) is 0. The van der Waals surface area contributed by atoms with Crippen molar-refractivity contribution < 1.29 is 9.66 Å². The molecule has 0 aliphatic heterocycles. The fourth-order valence-corrected chi connectivity index (χ4v) is 2.31. The molecule has 6 nitrogen and oxygen atoms in total. The molecule has 0 spiro atoms. The quantitative estimate of drug-likeness (QED) is 0.600. The minimum atomic E-state index is -0.362. The van der Waals surface area contributed by atoms with Crippen molar-refractivity contribution in [3.8, 4) is 0 Å². The number of ether oxygens (including phenoxy) is 1. The Morgan fingerprint density at radius 3 is 2.75 bits per heavy atom. The molecule has 0 fully saturated rings. The van der Waals surface area contributed by atoms with Crippen LogP contribution in [0.25, 0.3) is 10.9 Å². The molecule has 0 atom stereocenters. The van der Waals surface area contributed by atoms with Gasteiger partial charge in [-0.15, -0.1) is 0 Å². The van der Waals surface area contributed by atoms with E-state index in [2.05, 4.69) is 4.90 Å². The highest BCUT2D eigenvalue weighted by atomic mass is 16.6. The predicted octanol–water partition coefficient (Wildman–Crippen LogP) is 2.26. The van der Waals surface area contributed by atoms with Gasteiger partial charge >= 0.3 is 0 Å². The topological polar surface area (TPSA) is 60.5 Å². The van der Waals surface area contributed by atoms with Crippen LogP contribution in [-0.2, 0) is 17.8 Å². The first-order valence-corrected chi connectivity index (χ1v) is 6.42. The normalized spacial score (nSPS) is 11.4. The Balaban J connectivity index is 2.51. The van der Waals surface area contributed by atoms with Gasteiger partial charge < -0.3 is 14.2 Å². The van der Waals surface area contributed by atoms with Crippen molar-refractivity contribution in [2.45, 2.75) is 13.1 Å². The molecule has 1 heterocycles. The van der Waals surface area contributed by atoms with Crippen LogP contribution in [-0.4, -0.2) is 42.2 Å². The van der Waals surface area contributed by atoms with Crippen LogP contribution in [0.3, 0.4) is 0 Å². The van der Waals surface area contributed by atoms with Crippen molar-refractivity contribution in [2.24, 2.45) is 0 Å². The fraction of sp³-hybridized carbons (Fsp3) is 0.429. The smallest absolute Gasteiger partial charge is 0.271 e. The highest BCUT2D eigenvalue weighted by molar-refractivity contribution is 5.86. The maximum atomic E-state index is 10.9. The Morgan fingerprint density at radius 1 is 1.40 bits per heavy atom. The van der Waals surface area contributed by atoms with Gasteiger partial charge in [0, 0.05) is 43.9 Å². The van der Waals surface area contributed by atoms with E-state index in [1.54, 1.807) is 19.2 Å². The third-order valence-electron chi connectivity index (χ3n) is 3.18. The maximum Gasteiger partial charge on any atom is 0.271 e. The van der Waals surface area contributed by atoms with E-state index in [0.29, 0.717) is 13.2 Å². The van der Waals surface area contributed by atoms with E-state index >= 15 is 0 Å². The summed E-state index contributed by atoms with van der Waals surface area (Å²) in [6.07, 6.45) is 2.05. The van der Waals surface area contributed by atoms with E-state index in [1.165, 1.54) is 0 Å². The average molecular weight is 277 g/mol. The number of non-ortho nitro benzene ring substituents is 1. The lowest BCUT2D eigenvalue weighted by Gasteiger charge is -2.07. The summed E-state index contributed by atoms with van der Waals surface area (Å²) in [5, 5.41) is 12.0. The molecule has 0 N–H and O–H groups in total. The number of rotatable bonds is 6. The zero-order chi connectivity index (χ0) is 14.7. The molecule has 0 bridgehead atoms. The van der Waals surface area contributed by atoms with E-state index in [1.807, 2.05) is 30.9 Å². The molecule has 6 heteroatoms. The van der Waals surface area contributed by atoms with E-state index in [9.17, 15) is 10.1 Å². The standard InChI is InChI=1S/C14H19N3O3/c1-15(2)9-11-10-16(6-7-20-3)14-8-12(17(18)19)4-5-13(11)14/h4-5,8,10H,6-7,9H2,1-3H3. The van der Waals surface area contributed by atoms with Gasteiger partial charge in [0.2, 0.25) is 0 Å². The SMILES string of the molecule is COCCn1cc(CN(C)C)c2ccc([N+](=O)[O-])cc21. The van der Waals surface area contributed by atoms with Crippen molar-refractivity contribution in [1.29, 1.82) is 0 Å². The van der Waals surface area contributed by atoms with E-state index in [0.717, 1.165) is 23.0 Å². The van der Waals surface area contributed by atoms with E-state index < -0.39 is 0 Å². The van der Waals surface area contributed by atoms with Gasteiger partial charge in [-0.1, -0.05) is 0 Å². The van der Waals surface area contributed by atoms with Gasteiger partial charge in [0.1, 0.15) is 0 Å². The largest absolute Gasteiger partial charge is 0.383 e. The summed E-state index contributed by atoms with van der Waals surface area (Å²) in [5.74, 6) is 0. The van der Waals surface area contributed by atoms with Crippen molar-refractivity contribution >= 4 is 16.6 Å². The minimum absolute atomic E-state index is 0.116. The number of fused-ring (bicyclic) bond motifs is 1. The molecule has 0 saturated heterocycles. The molecular formula is C14H19N3O3. The van der Waals surface area contributed by atoms with Gasteiger partial charge in [0.25, 0.3) is 5.69 Å². The average Bonchev–Trinajstić information content (AvgIpc) is 2.73. The van der Waals surface area contributed by atoms with Gasteiger partial charge in [0.05, 0.1) is 17.0 Å². The van der Waals surface area contributed by atoms with Crippen LogP contribution in [0.2, 0.25) is 0 Å². The zero-order valence-corrected chi connectivity index (χ0v) is 12.0. The molecule has 0 amide bonds. The maximum absolute atomic E-state index is 10.9. The Bertz CT molecular complexity index is 619. The van der Waals surface area contributed by atoms with Crippen LogP contribution in [0, 0.1) is 10.1 Å². The first-order valence-electron chi connectivity index (χ1n) is 6.42. The van der Waals surface area contributed by atoms with Crippen molar-refractivity contribution in [1.82, 2.24) is 9.47 Å². The summed E-state index contributed by atoms with van der Waals surface area (Å²) in [5.41, 5.74) is 2.16. The summed E-state index contributed by atoms with van der Waals surface area (Å²) in [6.45, 7) is 2.06. The number of aromatic nitrogens is 1. The number of hydrogen-bond acceptors (Lipinski definition) is 4. The minimum Gasteiger partial charge on any atom is -0.383 e. The van der Waals surface area contributed by atoms with Gasteiger partial charge in [-0.05, 0) is 25.7 Å². The van der Waals surface area contributed by atoms with Crippen molar-refractivity contribution in [3.05, 3.63) is 40.1 Å². The lowest BCUT2D eigenvalue weighted by molar-refractivity contribution is -0.384. The molecule has 1 aromatic carbocycles. The first kappa shape index (κ1) is 14.5. The number of methoxy groups -OCH3 is 1. The molecule has 1 aromatic heterocycles. The van der Waals surface area contributed by atoms with Gasteiger partial charge in [-0.2, -0.15) is 0 Å². The van der Waals surface area contributed by atoms with Crippen LogP contribution in [0.1, 0.15) is 5.56 Å². The number of nitro groups is 1. The third kappa shape index (κ3) is 2.97. The lowest BCUT2D eigenvalue weighted by Crippen LogP contribution is -2.10. The Kier molecular flexibility index (Phi) is 4.36. The molecule has 2 aromatic rings. The van der Waals surface area contributed by atoms with Crippen LogP contribution < -0.4 is 0 Å². The highest BCUT2D eigenvalue weighted by Gasteiger charge is 2.13. The molecule has 2 rings (SSSR count). The molecule has 0 saturated carbocycles. The lowest BCUT2D eigenvalue weighted by atomic mass is 10.1. The third-order valence-corrected chi connectivity index (χ3v) is 3.18. The number of nitrogens with zero attached hydrogens (tertiary/aromatic N) is 3. The fourth-order valence-electron chi connectivity index (χ4n) is 2.31. The molecular weight excluding hydrogens is 258 g/mol. The van der Waals surface area contributed by atoms with E-state index in [-0.39, 0.29) is 10.6 Å². The monoisotopic (exact) mass is 277 g/mol. The highest BCUT2D eigenvalue weighted by Crippen LogP contribution is 2.26. The summed E-state index contributed by atoms with van der Waals surface area (Å²) in [6, 6.07) is 5.02. The van der Waals surface area contributed by atoms with E-state index in [4.69, 9.17) is 4.74 Å². The second-order valence-electron chi connectivity index (χ2n) is 5.04. The van der Waals surface area contributed by atoms with Crippen LogP contribution in [0.4, 0.5) is 5.69 Å². The predicted molar refractivity (Wildman–Crippen MR) is 77.9 cm³/mol. The molecule has 20 heavy (non-hydrogen) atoms. The second kappa shape index (κ2) is 6.02. The molecule has 0 aliphatic carbocycles. The Labute approximate surface area is 117 Å². The summed E-state index contributed by atoms with van der Waals surface area (Å²) < 4.78 is 7.12. The van der Waals surface area contributed by atoms with Gasteiger partial charge in [-0.3, -0.25) is 10.1 Å². The van der Waals surface area contributed by atoms with Gasteiger partial charge in [-0.25, -0.2) is 0 Å².